The summed E-state index contributed by atoms with van der Waals surface area (Å²) in [6.45, 7) is 4.93. The molecule has 1 aliphatic heterocycles. The Morgan fingerprint density at radius 1 is 1.53 bits per heavy atom. The molecule has 1 aromatic heterocycles. The summed E-state index contributed by atoms with van der Waals surface area (Å²) in [6, 6.07) is 0.977. The van der Waals surface area contributed by atoms with Crippen LogP contribution in [0, 0.1) is 10.1 Å². The summed E-state index contributed by atoms with van der Waals surface area (Å²) in [5.41, 5.74) is 0. The molecule has 7 heteroatoms. The Balaban J connectivity index is 1.92. The fourth-order valence-corrected chi connectivity index (χ4v) is 2.06. The first kappa shape index (κ1) is 12.0. The first-order valence-electron chi connectivity index (χ1n) is 5.60. The Kier molecular flexibility index (Phi) is 3.12. The van der Waals surface area contributed by atoms with Crippen LogP contribution in [0.5, 0.6) is 0 Å². The van der Waals surface area contributed by atoms with E-state index in [-0.39, 0.29) is 12.5 Å². The third-order valence-electron chi connectivity index (χ3n) is 3.34. The predicted octanol–water partition coefficient (Wildman–Crippen LogP) is 0.245. The number of nitrogens with zero attached hydrogens (tertiary/aromatic N) is 4. The summed E-state index contributed by atoms with van der Waals surface area (Å²) in [5, 5.41) is 20.5. The molecule has 7 nitrogen and oxygen atoms in total. The number of aliphatic hydroxyl groups excluding tert-OH is 1. The van der Waals surface area contributed by atoms with Crippen molar-refractivity contribution in [3.63, 3.8) is 0 Å². The van der Waals surface area contributed by atoms with Gasteiger partial charge >= 0.3 is 5.95 Å². The molecule has 2 heterocycles. The second-order valence-electron chi connectivity index (χ2n) is 4.47. The van der Waals surface area contributed by atoms with Crippen LogP contribution < -0.4 is 0 Å². The van der Waals surface area contributed by atoms with Crippen molar-refractivity contribution < 1.29 is 10.0 Å². The number of nitro groups is 1. The molecular weight excluding hydrogens is 224 g/mol. The SMILES string of the molecule is C[C@H]1[C@H](C)N1CC(O)Cn1ccnc1[N+](=O)[O-]. The Labute approximate surface area is 98.8 Å². The molecule has 17 heavy (non-hydrogen) atoms. The molecule has 1 saturated heterocycles. The molecule has 0 aliphatic carbocycles. The summed E-state index contributed by atoms with van der Waals surface area (Å²) in [5.74, 6) is -0.226. The van der Waals surface area contributed by atoms with E-state index in [1.807, 2.05) is 0 Å². The summed E-state index contributed by atoms with van der Waals surface area (Å²) in [7, 11) is 0. The van der Waals surface area contributed by atoms with Crippen molar-refractivity contribution in [2.45, 2.75) is 38.6 Å². The zero-order valence-corrected chi connectivity index (χ0v) is 9.85. The predicted molar refractivity (Wildman–Crippen MR) is 60.5 cm³/mol. The monoisotopic (exact) mass is 240 g/mol. The zero-order chi connectivity index (χ0) is 12.6. The first-order chi connectivity index (χ1) is 8.00. The molecule has 1 aliphatic rings. The fraction of sp³-hybridized carbons (Fsp3) is 0.700. The lowest BCUT2D eigenvalue weighted by atomic mass is 10.3. The molecule has 94 valence electrons. The fourth-order valence-electron chi connectivity index (χ4n) is 2.06. The van der Waals surface area contributed by atoms with E-state index in [2.05, 4.69) is 23.7 Å². The normalized spacial score (nSPS) is 29.0. The lowest BCUT2D eigenvalue weighted by Crippen LogP contribution is -2.26. The first-order valence-corrected chi connectivity index (χ1v) is 5.60. The lowest BCUT2D eigenvalue weighted by molar-refractivity contribution is -0.397. The molecule has 0 aromatic carbocycles. The van der Waals surface area contributed by atoms with Crippen molar-refractivity contribution in [1.82, 2.24) is 14.5 Å². The van der Waals surface area contributed by atoms with Gasteiger partial charge < -0.3 is 15.2 Å². The minimum atomic E-state index is -0.615. The average molecular weight is 240 g/mol. The van der Waals surface area contributed by atoms with Crippen LogP contribution in [-0.2, 0) is 6.54 Å². The second kappa shape index (κ2) is 4.42. The van der Waals surface area contributed by atoms with E-state index in [0.717, 1.165) is 0 Å². The van der Waals surface area contributed by atoms with E-state index >= 15 is 0 Å². The molecule has 0 radical (unpaired) electrons. The summed E-state index contributed by atoms with van der Waals surface area (Å²) in [4.78, 5) is 15.9. The second-order valence-corrected chi connectivity index (χ2v) is 4.47. The standard InChI is InChI=1S/C10H16N4O3/c1-7-8(2)13(7)6-9(15)5-12-4-3-11-10(12)14(16)17/h3-4,7-9,15H,5-6H2,1-2H3/t7-,8-,9?/m0/s1. The Morgan fingerprint density at radius 3 is 2.71 bits per heavy atom. The molecule has 0 saturated carbocycles. The number of hydrogen-bond donors (Lipinski definition) is 1. The van der Waals surface area contributed by atoms with Crippen LogP contribution in [0.25, 0.3) is 0 Å². The van der Waals surface area contributed by atoms with Gasteiger partial charge in [-0.2, -0.15) is 0 Å². The molecule has 0 spiro atoms. The molecule has 1 aromatic rings. The molecule has 0 bridgehead atoms. The van der Waals surface area contributed by atoms with Gasteiger partial charge in [0, 0.05) is 18.6 Å². The van der Waals surface area contributed by atoms with Crippen LogP contribution >= 0.6 is 0 Å². The van der Waals surface area contributed by atoms with Crippen molar-refractivity contribution in [2.24, 2.45) is 0 Å². The van der Waals surface area contributed by atoms with E-state index < -0.39 is 11.0 Å². The van der Waals surface area contributed by atoms with Crippen LogP contribution in [-0.4, -0.2) is 49.2 Å². The quantitative estimate of drug-likeness (QED) is 0.453. The topological polar surface area (TPSA) is 84.2 Å². The van der Waals surface area contributed by atoms with Crippen LogP contribution in [0.1, 0.15) is 13.8 Å². The smallest absolute Gasteiger partial charge is 0.390 e. The van der Waals surface area contributed by atoms with Gasteiger partial charge in [-0.05, 0) is 18.8 Å². The highest BCUT2D eigenvalue weighted by Crippen LogP contribution is 2.27. The highest BCUT2D eigenvalue weighted by Gasteiger charge is 2.40. The molecule has 2 rings (SSSR count). The van der Waals surface area contributed by atoms with Gasteiger partial charge in [0.15, 0.2) is 0 Å². The van der Waals surface area contributed by atoms with Gasteiger partial charge in [-0.25, -0.2) is 4.57 Å². The van der Waals surface area contributed by atoms with Gasteiger partial charge in [-0.15, -0.1) is 0 Å². The maximum Gasteiger partial charge on any atom is 0.434 e. The van der Waals surface area contributed by atoms with Gasteiger partial charge in [-0.3, -0.25) is 4.90 Å². The number of aromatic nitrogens is 2. The van der Waals surface area contributed by atoms with Gasteiger partial charge in [0.2, 0.25) is 0 Å². The molecule has 0 amide bonds. The van der Waals surface area contributed by atoms with Crippen LogP contribution in [0.15, 0.2) is 12.4 Å². The third kappa shape index (κ3) is 2.45. The maximum atomic E-state index is 10.6. The molecule has 1 N–H and O–H groups in total. The Morgan fingerprint density at radius 2 is 2.18 bits per heavy atom. The van der Waals surface area contributed by atoms with Gasteiger partial charge in [-0.1, -0.05) is 4.98 Å². The molecule has 1 fully saturated rings. The largest absolute Gasteiger partial charge is 0.434 e. The number of aliphatic hydroxyl groups is 1. The number of rotatable bonds is 5. The average Bonchev–Trinajstić information content (AvgIpc) is 2.71. The summed E-state index contributed by atoms with van der Waals surface area (Å²) < 4.78 is 1.36. The van der Waals surface area contributed by atoms with Gasteiger partial charge in [0.25, 0.3) is 0 Å². The minimum absolute atomic E-state index is 0.201. The number of β-amino-alcohol motifs (C(OH)–C–C–N with tert-alkyl or cyclic N) is 1. The third-order valence-corrected chi connectivity index (χ3v) is 3.34. The van der Waals surface area contributed by atoms with Gasteiger partial charge in [0.1, 0.15) is 12.4 Å². The van der Waals surface area contributed by atoms with E-state index in [1.54, 1.807) is 0 Å². The van der Waals surface area contributed by atoms with E-state index in [1.165, 1.54) is 17.0 Å². The highest BCUT2D eigenvalue weighted by atomic mass is 16.6. The van der Waals surface area contributed by atoms with Crippen LogP contribution in [0.4, 0.5) is 5.95 Å². The minimum Gasteiger partial charge on any atom is -0.390 e. The van der Waals surface area contributed by atoms with Crippen molar-refractivity contribution in [3.05, 3.63) is 22.5 Å². The zero-order valence-electron chi connectivity index (χ0n) is 9.85. The van der Waals surface area contributed by atoms with Crippen LogP contribution in [0.2, 0.25) is 0 Å². The molecular formula is C10H16N4O3. The van der Waals surface area contributed by atoms with Gasteiger partial charge in [0.05, 0.1) is 12.6 Å². The van der Waals surface area contributed by atoms with Crippen LogP contribution in [0.3, 0.4) is 0 Å². The molecule has 3 atom stereocenters. The molecule has 1 unspecified atom stereocenters. The van der Waals surface area contributed by atoms with Crippen molar-refractivity contribution in [1.29, 1.82) is 0 Å². The van der Waals surface area contributed by atoms with E-state index in [9.17, 15) is 15.2 Å². The van der Waals surface area contributed by atoms with E-state index in [0.29, 0.717) is 18.6 Å². The summed E-state index contributed by atoms with van der Waals surface area (Å²) in [6.07, 6.45) is 2.26. The number of hydrogen-bond acceptors (Lipinski definition) is 5. The van der Waals surface area contributed by atoms with E-state index in [4.69, 9.17) is 0 Å². The van der Waals surface area contributed by atoms with Crippen molar-refractivity contribution in [2.75, 3.05) is 6.54 Å². The van der Waals surface area contributed by atoms with Crippen molar-refractivity contribution in [3.8, 4) is 0 Å². The maximum absolute atomic E-state index is 10.6. The number of imidazole rings is 1. The highest BCUT2D eigenvalue weighted by molar-refractivity contribution is 5.07. The van der Waals surface area contributed by atoms with Crippen molar-refractivity contribution >= 4 is 5.95 Å². The Hall–Kier alpha value is -1.47. The summed E-state index contributed by atoms with van der Waals surface area (Å²) >= 11 is 0. The Bertz CT molecular complexity index is 411. The lowest BCUT2D eigenvalue weighted by Gasteiger charge is -2.11.